The van der Waals surface area contributed by atoms with E-state index < -0.39 is 10.0 Å². The van der Waals surface area contributed by atoms with E-state index in [0.29, 0.717) is 24.3 Å². The Labute approximate surface area is 204 Å². The lowest BCUT2D eigenvalue weighted by Gasteiger charge is -2.30. The molecule has 0 atom stereocenters. The number of rotatable bonds is 6. The molecule has 0 radical (unpaired) electrons. The van der Waals surface area contributed by atoms with Gasteiger partial charge in [0.05, 0.1) is 13.2 Å². The molecule has 0 unspecified atom stereocenters. The third-order valence-electron chi connectivity index (χ3n) is 6.47. The van der Waals surface area contributed by atoms with Crippen molar-refractivity contribution in [2.45, 2.75) is 24.9 Å². The third kappa shape index (κ3) is 5.12. The highest BCUT2D eigenvalue weighted by Crippen LogP contribution is 2.29. The lowest BCUT2D eigenvalue weighted by Crippen LogP contribution is -2.41. The molecule has 2 fully saturated rings. The molecule has 0 bridgehead atoms. The summed E-state index contributed by atoms with van der Waals surface area (Å²) >= 11 is 0. The van der Waals surface area contributed by atoms with Gasteiger partial charge in [0, 0.05) is 49.2 Å². The number of amides is 1. The molecule has 10 nitrogen and oxygen atoms in total. The number of nitrogens with one attached hydrogen (secondary N) is 2. The topological polar surface area (TPSA) is 121 Å². The van der Waals surface area contributed by atoms with Crippen molar-refractivity contribution < 1.29 is 22.4 Å². The van der Waals surface area contributed by atoms with Gasteiger partial charge in [0.2, 0.25) is 11.0 Å². The van der Waals surface area contributed by atoms with Crippen molar-refractivity contribution in [2.75, 3.05) is 49.6 Å². The highest BCUT2D eigenvalue weighted by Gasteiger charge is 2.34. The summed E-state index contributed by atoms with van der Waals surface area (Å²) in [7, 11) is -3.78. The third-order valence-corrected chi connectivity index (χ3v) is 8.24. The molecular weight excluding hydrogens is 470 g/mol. The number of morpholine rings is 1. The van der Waals surface area contributed by atoms with Gasteiger partial charge >= 0.3 is 0 Å². The number of hydrogen-bond donors (Lipinski definition) is 2. The van der Waals surface area contributed by atoms with E-state index in [2.05, 4.69) is 20.4 Å². The van der Waals surface area contributed by atoms with Crippen LogP contribution in [-0.4, -0.2) is 68.2 Å². The van der Waals surface area contributed by atoms with Gasteiger partial charge in [-0.05, 0) is 62.2 Å². The van der Waals surface area contributed by atoms with Crippen molar-refractivity contribution in [3.8, 4) is 11.5 Å². The Balaban J connectivity index is 1.16. The highest BCUT2D eigenvalue weighted by molar-refractivity contribution is 7.89. The van der Waals surface area contributed by atoms with E-state index in [1.807, 2.05) is 31.2 Å². The van der Waals surface area contributed by atoms with Gasteiger partial charge in [0.25, 0.3) is 10.0 Å². The molecule has 2 aliphatic heterocycles. The molecule has 11 heteroatoms. The molecule has 2 aliphatic rings. The zero-order valence-corrected chi connectivity index (χ0v) is 20.4. The SMILES string of the molecule is Cc1cc(-c2ccc(S(=O)(=O)N3CCC(C(=O)Nc4ccc(N5CCOCC5)cc4)CC3)o2)n[nH]1. The first kappa shape index (κ1) is 23.6. The van der Waals surface area contributed by atoms with Crippen LogP contribution in [0.3, 0.4) is 0 Å². The molecule has 186 valence electrons. The largest absolute Gasteiger partial charge is 0.442 e. The number of aromatic amines is 1. The number of ether oxygens (including phenoxy) is 1. The average molecular weight is 500 g/mol. The standard InChI is InChI=1S/C24H29N5O5S/c1-17-16-21(27-26-17)22-6-7-23(34-22)35(31,32)29-10-8-18(9-11-29)24(30)25-19-2-4-20(5-3-19)28-12-14-33-15-13-28/h2-7,16,18H,8-15H2,1H3,(H,25,30)(H,26,27). The number of piperidine rings is 1. The Kier molecular flexibility index (Phi) is 6.63. The van der Waals surface area contributed by atoms with E-state index in [1.54, 1.807) is 12.1 Å². The van der Waals surface area contributed by atoms with Crippen LogP contribution in [0, 0.1) is 12.8 Å². The van der Waals surface area contributed by atoms with Crippen molar-refractivity contribution in [2.24, 2.45) is 5.92 Å². The number of nitrogens with zero attached hydrogens (tertiary/aromatic N) is 3. The first-order chi connectivity index (χ1) is 16.9. The Morgan fingerprint density at radius 2 is 1.77 bits per heavy atom. The number of carbonyl (C=O) groups is 1. The van der Waals surface area contributed by atoms with Crippen LogP contribution >= 0.6 is 0 Å². The van der Waals surface area contributed by atoms with Gasteiger partial charge in [-0.25, -0.2) is 8.42 Å². The molecule has 0 aliphatic carbocycles. The van der Waals surface area contributed by atoms with E-state index in [1.165, 1.54) is 10.4 Å². The minimum absolute atomic E-state index is 0.0876. The molecule has 5 rings (SSSR count). The monoisotopic (exact) mass is 499 g/mol. The molecule has 0 saturated carbocycles. The summed E-state index contributed by atoms with van der Waals surface area (Å²) in [5.41, 5.74) is 3.25. The quantitative estimate of drug-likeness (QED) is 0.535. The summed E-state index contributed by atoms with van der Waals surface area (Å²) in [6.07, 6.45) is 0.895. The molecule has 3 aromatic rings. The Hall–Kier alpha value is -3.15. The van der Waals surface area contributed by atoms with Crippen molar-refractivity contribution >= 4 is 27.3 Å². The fraction of sp³-hybridized carbons (Fsp3) is 0.417. The fourth-order valence-electron chi connectivity index (χ4n) is 4.45. The van der Waals surface area contributed by atoms with Crippen LogP contribution in [-0.2, 0) is 19.6 Å². The van der Waals surface area contributed by atoms with E-state index in [0.717, 1.165) is 43.4 Å². The number of carbonyl (C=O) groups excluding carboxylic acids is 1. The number of H-pyrrole nitrogens is 1. The first-order valence-corrected chi connectivity index (χ1v) is 13.2. The van der Waals surface area contributed by atoms with Crippen LogP contribution in [0.4, 0.5) is 11.4 Å². The number of aromatic nitrogens is 2. The van der Waals surface area contributed by atoms with Gasteiger partial charge in [-0.1, -0.05) is 0 Å². The van der Waals surface area contributed by atoms with Crippen LogP contribution in [0.25, 0.3) is 11.5 Å². The highest BCUT2D eigenvalue weighted by atomic mass is 32.2. The second-order valence-electron chi connectivity index (χ2n) is 8.87. The second-order valence-corrected chi connectivity index (χ2v) is 10.7. The van der Waals surface area contributed by atoms with Gasteiger partial charge in [-0.15, -0.1) is 0 Å². The minimum atomic E-state index is -3.78. The van der Waals surface area contributed by atoms with Gasteiger partial charge in [0.15, 0.2) is 5.76 Å². The second kappa shape index (κ2) is 9.84. The Morgan fingerprint density at radius 3 is 2.43 bits per heavy atom. The predicted octanol–water partition coefficient (Wildman–Crippen LogP) is 2.85. The molecule has 0 spiro atoms. The van der Waals surface area contributed by atoms with Crippen molar-refractivity contribution in [1.82, 2.24) is 14.5 Å². The van der Waals surface area contributed by atoms with E-state index in [-0.39, 0.29) is 30.0 Å². The van der Waals surface area contributed by atoms with Crippen LogP contribution in [0.1, 0.15) is 18.5 Å². The van der Waals surface area contributed by atoms with Gasteiger partial charge in [-0.3, -0.25) is 9.89 Å². The summed E-state index contributed by atoms with van der Waals surface area (Å²) in [6.45, 7) is 5.53. The minimum Gasteiger partial charge on any atom is -0.442 e. The molecule has 4 heterocycles. The summed E-state index contributed by atoms with van der Waals surface area (Å²) in [6, 6.07) is 12.6. The fourth-order valence-corrected chi connectivity index (χ4v) is 5.83. The number of anilines is 2. The smallest absolute Gasteiger partial charge is 0.276 e. The van der Waals surface area contributed by atoms with Crippen LogP contribution in [0.15, 0.2) is 52.0 Å². The van der Waals surface area contributed by atoms with Crippen LogP contribution < -0.4 is 10.2 Å². The predicted molar refractivity (Wildman–Crippen MR) is 131 cm³/mol. The number of aryl methyl sites for hydroxylation is 1. The normalized spacial score (nSPS) is 18.0. The number of furan rings is 1. The van der Waals surface area contributed by atoms with Crippen molar-refractivity contribution in [3.63, 3.8) is 0 Å². The molecule has 2 saturated heterocycles. The van der Waals surface area contributed by atoms with Crippen LogP contribution in [0.5, 0.6) is 0 Å². The van der Waals surface area contributed by atoms with Gasteiger partial charge in [0.1, 0.15) is 5.69 Å². The maximum Gasteiger partial charge on any atom is 0.276 e. The summed E-state index contributed by atoms with van der Waals surface area (Å²) in [5.74, 6) is 0.0525. The summed E-state index contributed by atoms with van der Waals surface area (Å²) < 4.78 is 38.5. The van der Waals surface area contributed by atoms with Crippen molar-refractivity contribution in [1.29, 1.82) is 0 Å². The average Bonchev–Trinajstić information content (AvgIpc) is 3.55. The lowest BCUT2D eigenvalue weighted by molar-refractivity contribution is -0.120. The zero-order valence-electron chi connectivity index (χ0n) is 19.6. The van der Waals surface area contributed by atoms with Crippen molar-refractivity contribution in [3.05, 3.63) is 48.2 Å². The molecule has 35 heavy (non-hydrogen) atoms. The number of sulfonamides is 1. The maximum atomic E-state index is 13.1. The maximum absolute atomic E-state index is 13.1. The molecule has 2 aromatic heterocycles. The van der Waals surface area contributed by atoms with E-state index in [9.17, 15) is 13.2 Å². The van der Waals surface area contributed by atoms with E-state index >= 15 is 0 Å². The van der Waals surface area contributed by atoms with Gasteiger partial charge in [-0.2, -0.15) is 9.40 Å². The summed E-state index contributed by atoms with van der Waals surface area (Å²) in [5, 5.41) is 9.78. The molecule has 2 N–H and O–H groups in total. The van der Waals surface area contributed by atoms with Crippen LogP contribution in [0.2, 0.25) is 0 Å². The Morgan fingerprint density at radius 1 is 1.06 bits per heavy atom. The molecule has 1 aromatic carbocycles. The van der Waals surface area contributed by atoms with E-state index in [4.69, 9.17) is 9.15 Å². The van der Waals surface area contributed by atoms with Gasteiger partial charge < -0.3 is 19.4 Å². The number of benzene rings is 1. The summed E-state index contributed by atoms with van der Waals surface area (Å²) in [4.78, 5) is 15.1. The lowest BCUT2D eigenvalue weighted by atomic mass is 9.97. The molecular formula is C24H29N5O5S. The Bertz CT molecular complexity index is 1270. The zero-order chi connectivity index (χ0) is 24.4. The molecule has 1 amide bonds. The number of hydrogen-bond acceptors (Lipinski definition) is 7. The first-order valence-electron chi connectivity index (χ1n) is 11.8.